The van der Waals surface area contributed by atoms with Gasteiger partial charge in [0.1, 0.15) is 5.82 Å². The Labute approximate surface area is 102 Å². The van der Waals surface area contributed by atoms with Crippen molar-refractivity contribution in [2.45, 2.75) is 25.8 Å². The number of nitrogen functional groups attached to an aromatic ring is 1. The molecule has 1 aromatic rings. The number of hydrogen-bond donors (Lipinski definition) is 1. The largest absolute Gasteiger partial charge is 0.384 e. The van der Waals surface area contributed by atoms with Crippen LogP contribution in [0.25, 0.3) is 0 Å². The Bertz CT molecular complexity index is 413. The Morgan fingerprint density at radius 1 is 1.29 bits per heavy atom. The molecule has 0 atom stereocenters. The number of fused-ring (bicyclic) bond motifs is 1. The highest BCUT2D eigenvalue weighted by molar-refractivity contribution is 5.43. The molecule has 0 bridgehead atoms. The number of nitrogens with zero attached hydrogens (tertiary/aromatic N) is 2. The molecule has 0 amide bonds. The Kier molecular flexibility index (Phi) is 2.99. The number of morpholine rings is 1. The number of pyridine rings is 1. The van der Waals surface area contributed by atoms with E-state index in [2.05, 4.69) is 16.0 Å². The smallest absolute Gasteiger partial charge is 0.123 e. The molecule has 1 aromatic heterocycles. The maximum Gasteiger partial charge on any atom is 0.123 e. The van der Waals surface area contributed by atoms with Gasteiger partial charge in [-0.1, -0.05) is 0 Å². The summed E-state index contributed by atoms with van der Waals surface area (Å²) in [5, 5.41) is 0. The Hall–Kier alpha value is -1.13. The lowest BCUT2D eigenvalue weighted by atomic mass is 10.1. The highest BCUT2D eigenvalue weighted by Gasteiger charge is 2.19. The number of ether oxygens (including phenoxy) is 1. The molecule has 1 aliphatic carbocycles. The van der Waals surface area contributed by atoms with Crippen LogP contribution in [0.4, 0.5) is 5.82 Å². The molecule has 0 unspecified atom stereocenters. The van der Waals surface area contributed by atoms with Crippen molar-refractivity contribution in [1.82, 2.24) is 9.88 Å². The van der Waals surface area contributed by atoms with Gasteiger partial charge < -0.3 is 10.5 Å². The normalized spacial score (nSPS) is 20.5. The van der Waals surface area contributed by atoms with E-state index in [1.165, 1.54) is 29.7 Å². The second-order valence-corrected chi connectivity index (χ2v) is 4.87. The average Bonchev–Trinajstić information content (AvgIpc) is 2.78. The molecule has 92 valence electrons. The van der Waals surface area contributed by atoms with E-state index in [1.54, 1.807) is 0 Å². The first-order chi connectivity index (χ1) is 8.33. The Morgan fingerprint density at radius 3 is 2.94 bits per heavy atom. The van der Waals surface area contributed by atoms with Gasteiger partial charge in [-0.3, -0.25) is 4.90 Å². The van der Waals surface area contributed by atoms with Gasteiger partial charge in [0.15, 0.2) is 0 Å². The molecular weight excluding hydrogens is 214 g/mol. The monoisotopic (exact) mass is 233 g/mol. The van der Waals surface area contributed by atoms with Gasteiger partial charge in [-0.15, -0.1) is 0 Å². The fraction of sp³-hybridized carbons (Fsp3) is 0.615. The molecule has 2 heterocycles. The van der Waals surface area contributed by atoms with Crippen LogP contribution in [0.1, 0.15) is 23.2 Å². The van der Waals surface area contributed by atoms with Gasteiger partial charge in [-0.25, -0.2) is 4.98 Å². The lowest BCUT2D eigenvalue weighted by Gasteiger charge is -2.27. The molecule has 4 nitrogen and oxygen atoms in total. The van der Waals surface area contributed by atoms with E-state index < -0.39 is 0 Å². The first kappa shape index (κ1) is 11.0. The Morgan fingerprint density at radius 2 is 2.12 bits per heavy atom. The van der Waals surface area contributed by atoms with Crippen LogP contribution in [0.15, 0.2) is 6.07 Å². The fourth-order valence-electron chi connectivity index (χ4n) is 2.79. The van der Waals surface area contributed by atoms with Gasteiger partial charge in [0.25, 0.3) is 0 Å². The number of anilines is 1. The van der Waals surface area contributed by atoms with Crippen LogP contribution in [-0.4, -0.2) is 36.2 Å². The minimum absolute atomic E-state index is 0.675. The summed E-state index contributed by atoms with van der Waals surface area (Å²) in [6.07, 6.45) is 3.49. The summed E-state index contributed by atoms with van der Waals surface area (Å²) in [4.78, 5) is 6.88. The third-order valence-electron chi connectivity index (χ3n) is 3.66. The summed E-state index contributed by atoms with van der Waals surface area (Å²) in [7, 11) is 0. The fourth-order valence-corrected chi connectivity index (χ4v) is 2.79. The lowest BCUT2D eigenvalue weighted by Crippen LogP contribution is -2.35. The second-order valence-electron chi connectivity index (χ2n) is 4.87. The van der Waals surface area contributed by atoms with Crippen LogP contribution < -0.4 is 5.73 Å². The molecule has 0 radical (unpaired) electrons. The molecule has 1 fully saturated rings. The third kappa shape index (κ3) is 2.28. The molecular formula is C13H19N3O. The number of aromatic nitrogens is 1. The SMILES string of the molecule is Nc1cc(CN2CCOCC2)c2c(n1)CCC2. The van der Waals surface area contributed by atoms with Gasteiger partial charge in [0, 0.05) is 25.3 Å². The van der Waals surface area contributed by atoms with Crippen molar-refractivity contribution in [2.75, 3.05) is 32.0 Å². The van der Waals surface area contributed by atoms with Crippen LogP contribution in [0.2, 0.25) is 0 Å². The highest BCUT2D eigenvalue weighted by Crippen LogP contribution is 2.26. The minimum atomic E-state index is 0.675. The van der Waals surface area contributed by atoms with Gasteiger partial charge in [-0.05, 0) is 36.5 Å². The topological polar surface area (TPSA) is 51.4 Å². The van der Waals surface area contributed by atoms with Crippen LogP contribution in [0.3, 0.4) is 0 Å². The van der Waals surface area contributed by atoms with Crippen LogP contribution in [-0.2, 0) is 24.1 Å². The van der Waals surface area contributed by atoms with Gasteiger partial charge >= 0.3 is 0 Å². The van der Waals surface area contributed by atoms with E-state index in [0.29, 0.717) is 5.82 Å². The quantitative estimate of drug-likeness (QED) is 0.827. The zero-order chi connectivity index (χ0) is 11.7. The van der Waals surface area contributed by atoms with Crippen molar-refractivity contribution in [3.8, 4) is 0 Å². The van der Waals surface area contributed by atoms with Crippen molar-refractivity contribution in [1.29, 1.82) is 0 Å². The van der Waals surface area contributed by atoms with Crippen molar-refractivity contribution >= 4 is 5.82 Å². The zero-order valence-electron chi connectivity index (χ0n) is 10.1. The number of nitrogens with two attached hydrogens (primary N) is 1. The second kappa shape index (κ2) is 4.63. The van der Waals surface area contributed by atoms with E-state index in [4.69, 9.17) is 10.5 Å². The summed E-state index contributed by atoms with van der Waals surface area (Å²) >= 11 is 0. The molecule has 1 aliphatic heterocycles. The zero-order valence-corrected chi connectivity index (χ0v) is 10.1. The summed E-state index contributed by atoms with van der Waals surface area (Å²) in [5.41, 5.74) is 9.94. The number of rotatable bonds is 2. The van der Waals surface area contributed by atoms with Crippen molar-refractivity contribution in [3.05, 3.63) is 22.9 Å². The predicted molar refractivity (Wildman–Crippen MR) is 66.8 cm³/mol. The van der Waals surface area contributed by atoms with Crippen LogP contribution in [0.5, 0.6) is 0 Å². The van der Waals surface area contributed by atoms with E-state index in [9.17, 15) is 0 Å². The third-order valence-corrected chi connectivity index (χ3v) is 3.66. The maximum atomic E-state index is 5.88. The molecule has 2 N–H and O–H groups in total. The molecule has 0 saturated carbocycles. The van der Waals surface area contributed by atoms with Crippen LogP contribution in [0, 0.1) is 0 Å². The van der Waals surface area contributed by atoms with Crippen molar-refractivity contribution in [3.63, 3.8) is 0 Å². The van der Waals surface area contributed by atoms with Gasteiger partial charge in [0.2, 0.25) is 0 Å². The standard InChI is InChI=1S/C13H19N3O/c14-13-8-10(9-16-4-6-17-7-5-16)11-2-1-3-12(11)15-13/h8H,1-7,9H2,(H2,14,15). The van der Waals surface area contributed by atoms with Crippen molar-refractivity contribution in [2.24, 2.45) is 0 Å². The first-order valence-electron chi connectivity index (χ1n) is 6.40. The molecule has 2 aliphatic rings. The van der Waals surface area contributed by atoms with Gasteiger partial charge in [-0.2, -0.15) is 0 Å². The highest BCUT2D eigenvalue weighted by atomic mass is 16.5. The lowest BCUT2D eigenvalue weighted by molar-refractivity contribution is 0.0341. The van der Waals surface area contributed by atoms with Crippen LogP contribution >= 0.6 is 0 Å². The molecule has 0 spiro atoms. The maximum absolute atomic E-state index is 5.88. The molecule has 0 aromatic carbocycles. The summed E-state index contributed by atoms with van der Waals surface area (Å²) in [5.74, 6) is 0.675. The predicted octanol–water partition coefficient (Wildman–Crippen LogP) is 0.985. The molecule has 1 saturated heterocycles. The molecule has 4 heteroatoms. The van der Waals surface area contributed by atoms with Crippen molar-refractivity contribution < 1.29 is 4.74 Å². The van der Waals surface area contributed by atoms with E-state index in [-0.39, 0.29) is 0 Å². The Balaban J connectivity index is 1.82. The van der Waals surface area contributed by atoms with E-state index >= 15 is 0 Å². The number of hydrogen-bond acceptors (Lipinski definition) is 4. The van der Waals surface area contributed by atoms with E-state index in [1.807, 2.05) is 0 Å². The molecule has 17 heavy (non-hydrogen) atoms. The number of aryl methyl sites for hydroxylation is 1. The summed E-state index contributed by atoms with van der Waals surface area (Å²) in [6, 6.07) is 2.06. The minimum Gasteiger partial charge on any atom is -0.384 e. The molecule has 3 rings (SSSR count). The average molecular weight is 233 g/mol. The van der Waals surface area contributed by atoms with E-state index in [0.717, 1.165) is 39.3 Å². The van der Waals surface area contributed by atoms with Gasteiger partial charge in [0.05, 0.1) is 13.2 Å². The first-order valence-corrected chi connectivity index (χ1v) is 6.40. The summed E-state index contributed by atoms with van der Waals surface area (Å²) in [6.45, 7) is 4.75. The summed E-state index contributed by atoms with van der Waals surface area (Å²) < 4.78 is 5.38.